The first-order valence-electron chi connectivity index (χ1n) is 6.12. The molecule has 20 heavy (non-hydrogen) atoms. The summed E-state index contributed by atoms with van der Waals surface area (Å²) in [6.45, 7) is 0.434. The second-order valence-corrected chi connectivity index (χ2v) is 4.04. The van der Waals surface area contributed by atoms with Crippen molar-refractivity contribution in [3.63, 3.8) is 0 Å². The standard InChI is InChI=1S/C16H14N2O2/c1-19-18-16(11-17)14-7-5-6-13(10-14)12-20-15-8-3-2-4-9-15/h2-10H,12H2,1H3. The largest absolute Gasteiger partial charge is 0.489 e. The highest BCUT2D eigenvalue weighted by Crippen LogP contribution is 2.13. The SMILES string of the molecule is CON=C(C#N)c1cccc(COc2ccccc2)c1. The third-order valence-electron chi connectivity index (χ3n) is 2.64. The van der Waals surface area contributed by atoms with E-state index in [9.17, 15) is 0 Å². The van der Waals surface area contributed by atoms with Crippen LogP contribution < -0.4 is 4.74 Å². The van der Waals surface area contributed by atoms with Crippen molar-refractivity contribution in [1.82, 2.24) is 0 Å². The highest BCUT2D eigenvalue weighted by atomic mass is 16.6. The first-order valence-corrected chi connectivity index (χ1v) is 6.12. The lowest BCUT2D eigenvalue weighted by Crippen LogP contribution is -2.01. The molecule has 0 amide bonds. The van der Waals surface area contributed by atoms with Crippen molar-refractivity contribution in [2.75, 3.05) is 7.11 Å². The molecule has 0 radical (unpaired) electrons. The molecule has 0 aliphatic carbocycles. The lowest BCUT2D eigenvalue weighted by molar-refractivity contribution is 0.214. The maximum Gasteiger partial charge on any atom is 0.186 e. The van der Waals surface area contributed by atoms with Crippen molar-refractivity contribution < 1.29 is 9.57 Å². The van der Waals surface area contributed by atoms with Crippen molar-refractivity contribution in [2.24, 2.45) is 5.16 Å². The zero-order chi connectivity index (χ0) is 14.2. The van der Waals surface area contributed by atoms with E-state index in [2.05, 4.69) is 9.99 Å². The van der Waals surface area contributed by atoms with Gasteiger partial charge in [-0.15, -0.1) is 0 Å². The number of hydrogen-bond donors (Lipinski definition) is 0. The highest BCUT2D eigenvalue weighted by Gasteiger charge is 2.04. The number of oxime groups is 1. The van der Waals surface area contributed by atoms with Gasteiger partial charge in [-0.1, -0.05) is 41.6 Å². The summed E-state index contributed by atoms with van der Waals surface area (Å²) in [7, 11) is 1.42. The normalized spacial score (nSPS) is 10.7. The predicted molar refractivity (Wildman–Crippen MR) is 76.4 cm³/mol. The molecular weight excluding hydrogens is 252 g/mol. The molecule has 4 nitrogen and oxygen atoms in total. The van der Waals surface area contributed by atoms with E-state index in [0.29, 0.717) is 12.2 Å². The van der Waals surface area contributed by atoms with Crippen molar-refractivity contribution in [3.05, 3.63) is 65.7 Å². The van der Waals surface area contributed by atoms with Gasteiger partial charge >= 0.3 is 0 Å². The Morgan fingerprint density at radius 1 is 1.15 bits per heavy atom. The van der Waals surface area contributed by atoms with E-state index in [4.69, 9.17) is 10.00 Å². The summed E-state index contributed by atoms with van der Waals surface area (Å²) in [5.41, 5.74) is 1.92. The van der Waals surface area contributed by atoms with Crippen LogP contribution in [0.2, 0.25) is 0 Å². The molecular formula is C16H14N2O2. The van der Waals surface area contributed by atoms with Gasteiger partial charge in [0.05, 0.1) is 0 Å². The lowest BCUT2D eigenvalue weighted by atomic mass is 10.1. The molecule has 2 aromatic carbocycles. The van der Waals surface area contributed by atoms with Gasteiger partial charge in [0.15, 0.2) is 5.71 Å². The minimum absolute atomic E-state index is 0.245. The minimum atomic E-state index is 0.245. The second-order valence-electron chi connectivity index (χ2n) is 4.04. The molecule has 2 aromatic rings. The minimum Gasteiger partial charge on any atom is -0.489 e. The zero-order valence-corrected chi connectivity index (χ0v) is 11.1. The van der Waals surface area contributed by atoms with Gasteiger partial charge in [-0.3, -0.25) is 0 Å². The Labute approximate surface area is 117 Å². The molecule has 0 unspecified atom stereocenters. The molecule has 0 spiro atoms. The van der Waals surface area contributed by atoms with Gasteiger partial charge in [-0.2, -0.15) is 5.26 Å². The second kappa shape index (κ2) is 6.95. The van der Waals surface area contributed by atoms with Gasteiger partial charge in [-0.25, -0.2) is 0 Å². The van der Waals surface area contributed by atoms with E-state index in [-0.39, 0.29) is 5.71 Å². The molecule has 0 aliphatic rings. The number of nitrogens with zero attached hydrogens (tertiary/aromatic N) is 2. The maximum atomic E-state index is 9.02. The summed E-state index contributed by atoms with van der Waals surface area (Å²) in [6, 6.07) is 19.1. The van der Waals surface area contributed by atoms with E-state index in [1.54, 1.807) is 0 Å². The molecule has 100 valence electrons. The maximum absolute atomic E-state index is 9.02. The number of rotatable bonds is 5. The number of para-hydroxylation sites is 1. The number of nitriles is 1. The summed E-state index contributed by atoms with van der Waals surface area (Å²) < 4.78 is 5.67. The molecule has 0 saturated heterocycles. The molecule has 0 aliphatic heterocycles. The van der Waals surface area contributed by atoms with Gasteiger partial charge < -0.3 is 9.57 Å². The summed E-state index contributed by atoms with van der Waals surface area (Å²) in [4.78, 5) is 4.65. The third-order valence-corrected chi connectivity index (χ3v) is 2.64. The summed E-state index contributed by atoms with van der Waals surface area (Å²) in [5.74, 6) is 0.809. The molecule has 0 N–H and O–H groups in total. The number of ether oxygens (including phenoxy) is 1. The van der Waals surface area contributed by atoms with E-state index < -0.39 is 0 Å². The van der Waals surface area contributed by atoms with Crippen LogP contribution in [0.1, 0.15) is 11.1 Å². The van der Waals surface area contributed by atoms with E-state index in [0.717, 1.165) is 11.3 Å². The summed E-state index contributed by atoms with van der Waals surface area (Å²) in [6.07, 6.45) is 0. The lowest BCUT2D eigenvalue weighted by Gasteiger charge is -2.07. The fraction of sp³-hybridized carbons (Fsp3) is 0.125. The highest BCUT2D eigenvalue weighted by molar-refractivity contribution is 6.11. The average molecular weight is 266 g/mol. The van der Waals surface area contributed by atoms with Crippen LogP contribution in [-0.4, -0.2) is 12.8 Å². The molecule has 0 bridgehead atoms. The molecule has 0 heterocycles. The Morgan fingerprint density at radius 3 is 2.65 bits per heavy atom. The van der Waals surface area contributed by atoms with Crippen LogP contribution in [0.5, 0.6) is 5.75 Å². The Hall–Kier alpha value is -2.80. The third kappa shape index (κ3) is 3.59. The van der Waals surface area contributed by atoms with Crippen LogP contribution in [-0.2, 0) is 11.4 Å². The first-order chi connectivity index (χ1) is 9.83. The average Bonchev–Trinajstić information content (AvgIpc) is 2.52. The van der Waals surface area contributed by atoms with Gasteiger partial charge in [0.1, 0.15) is 25.5 Å². The van der Waals surface area contributed by atoms with Crippen molar-refractivity contribution in [1.29, 1.82) is 5.26 Å². The Morgan fingerprint density at radius 2 is 1.95 bits per heavy atom. The van der Waals surface area contributed by atoms with Crippen LogP contribution in [0.15, 0.2) is 59.8 Å². The van der Waals surface area contributed by atoms with Crippen LogP contribution in [0.4, 0.5) is 0 Å². The number of hydrogen-bond acceptors (Lipinski definition) is 4. The van der Waals surface area contributed by atoms with Gasteiger partial charge in [-0.05, 0) is 23.8 Å². The molecule has 0 saturated carbocycles. The van der Waals surface area contributed by atoms with E-state index in [1.165, 1.54) is 7.11 Å². The Kier molecular flexibility index (Phi) is 4.74. The molecule has 2 rings (SSSR count). The monoisotopic (exact) mass is 266 g/mol. The van der Waals surface area contributed by atoms with E-state index in [1.807, 2.05) is 60.7 Å². The van der Waals surface area contributed by atoms with Gasteiger partial charge in [0.25, 0.3) is 0 Å². The quantitative estimate of drug-likeness (QED) is 0.617. The Bertz CT molecular complexity index is 630. The van der Waals surface area contributed by atoms with Crippen LogP contribution in [0.3, 0.4) is 0 Å². The summed E-state index contributed by atoms with van der Waals surface area (Å²) >= 11 is 0. The predicted octanol–water partition coefficient (Wildman–Crippen LogP) is 3.14. The van der Waals surface area contributed by atoms with E-state index >= 15 is 0 Å². The van der Waals surface area contributed by atoms with Crippen molar-refractivity contribution >= 4 is 5.71 Å². The molecule has 0 atom stereocenters. The fourth-order valence-corrected chi connectivity index (χ4v) is 1.72. The fourth-order valence-electron chi connectivity index (χ4n) is 1.72. The Balaban J connectivity index is 2.11. The van der Waals surface area contributed by atoms with Crippen molar-refractivity contribution in [3.8, 4) is 11.8 Å². The molecule has 0 aromatic heterocycles. The van der Waals surface area contributed by atoms with Crippen LogP contribution >= 0.6 is 0 Å². The summed E-state index contributed by atoms with van der Waals surface area (Å²) in [5, 5.41) is 12.7. The van der Waals surface area contributed by atoms with Gasteiger partial charge in [0, 0.05) is 5.56 Å². The van der Waals surface area contributed by atoms with Crippen LogP contribution in [0.25, 0.3) is 0 Å². The van der Waals surface area contributed by atoms with Crippen LogP contribution in [0, 0.1) is 11.3 Å². The number of benzene rings is 2. The zero-order valence-electron chi connectivity index (χ0n) is 11.1. The molecule has 0 fully saturated rings. The van der Waals surface area contributed by atoms with Gasteiger partial charge in [0.2, 0.25) is 0 Å². The molecule has 4 heteroatoms. The smallest absolute Gasteiger partial charge is 0.186 e. The topological polar surface area (TPSA) is 54.6 Å². The van der Waals surface area contributed by atoms with Crippen molar-refractivity contribution in [2.45, 2.75) is 6.61 Å². The first kappa shape index (κ1) is 13.6.